The lowest BCUT2D eigenvalue weighted by molar-refractivity contribution is -0.0727. The minimum Gasteiger partial charge on any atom is -0.207 e. The van der Waals surface area contributed by atoms with Crippen LogP contribution in [0.4, 0.5) is 22.0 Å². The number of benzene rings is 1. The summed E-state index contributed by atoms with van der Waals surface area (Å²) in [6.07, 6.45) is 0. The number of hydrogen-bond acceptors (Lipinski definition) is 1. The lowest BCUT2D eigenvalue weighted by Gasteiger charge is -2.23. The van der Waals surface area contributed by atoms with Crippen LogP contribution >= 0.6 is 15.9 Å². The second-order valence-corrected chi connectivity index (χ2v) is 3.95. The topological polar surface area (TPSA) is 23.8 Å². The molecule has 0 aliphatic carbocycles. The summed E-state index contributed by atoms with van der Waals surface area (Å²) in [6.45, 7) is 0. The fraction of sp³-hybridized carbons (Fsp3) is 0.222. The Bertz CT molecular complexity index is 452. The number of nitrogens with zero attached hydrogens (tertiary/aromatic N) is 1. The van der Waals surface area contributed by atoms with Crippen LogP contribution < -0.4 is 0 Å². The van der Waals surface area contributed by atoms with E-state index in [2.05, 4.69) is 0 Å². The lowest BCUT2D eigenvalue weighted by atomic mass is 10.0. The summed E-state index contributed by atoms with van der Waals surface area (Å²) in [6, 6.07) is 2.54. The summed E-state index contributed by atoms with van der Waals surface area (Å²) in [5.74, 6) is -7.93. The van der Waals surface area contributed by atoms with E-state index in [1.165, 1.54) is 0 Å². The van der Waals surface area contributed by atoms with Gasteiger partial charge in [-0.05, 0) is 28.1 Å². The SMILES string of the molecule is N#CC(F)(Br)C(F)(F)c1cccc(F)c1F. The van der Waals surface area contributed by atoms with Crippen molar-refractivity contribution < 1.29 is 22.0 Å². The van der Waals surface area contributed by atoms with Gasteiger partial charge in [-0.15, -0.1) is 0 Å². The molecule has 0 radical (unpaired) electrons. The van der Waals surface area contributed by atoms with Crippen LogP contribution in [-0.2, 0) is 5.92 Å². The van der Waals surface area contributed by atoms with Gasteiger partial charge in [0.25, 0.3) is 0 Å². The highest BCUT2D eigenvalue weighted by Gasteiger charge is 2.57. The molecule has 0 fully saturated rings. The van der Waals surface area contributed by atoms with Crippen LogP contribution in [0, 0.1) is 23.0 Å². The van der Waals surface area contributed by atoms with Crippen LogP contribution in [0.15, 0.2) is 18.2 Å². The molecule has 0 saturated heterocycles. The maximum absolute atomic E-state index is 13.3. The molecule has 0 amide bonds. The molecule has 0 aromatic heterocycles. The molecule has 0 N–H and O–H groups in total. The molecule has 0 spiro atoms. The Kier molecular flexibility index (Phi) is 3.24. The maximum Gasteiger partial charge on any atom is 0.332 e. The minimum absolute atomic E-state index is 0.505. The van der Waals surface area contributed by atoms with E-state index < -0.39 is 27.7 Å². The molecule has 0 aliphatic heterocycles. The highest BCUT2D eigenvalue weighted by atomic mass is 79.9. The average Bonchev–Trinajstić information content (AvgIpc) is 2.21. The van der Waals surface area contributed by atoms with E-state index in [4.69, 9.17) is 5.26 Å². The Balaban J connectivity index is 3.40. The molecule has 1 nitrogen and oxygen atoms in total. The molecule has 0 saturated carbocycles. The minimum atomic E-state index is -4.51. The van der Waals surface area contributed by atoms with Gasteiger partial charge in [0.2, 0.25) is 0 Å². The molecule has 86 valence electrons. The molecule has 16 heavy (non-hydrogen) atoms. The Hall–Kier alpha value is -1.16. The van der Waals surface area contributed by atoms with E-state index in [1.807, 2.05) is 15.9 Å². The Labute approximate surface area is 95.6 Å². The van der Waals surface area contributed by atoms with Crippen LogP contribution in [0.2, 0.25) is 0 Å². The van der Waals surface area contributed by atoms with Gasteiger partial charge in [-0.1, -0.05) is 6.07 Å². The zero-order valence-electron chi connectivity index (χ0n) is 7.45. The zero-order chi connectivity index (χ0) is 12.6. The number of halogens is 6. The highest BCUT2D eigenvalue weighted by Crippen LogP contribution is 2.46. The molecular weight excluding hydrogens is 297 g/mol. The van der Waals surface area contributed by atoms with Crippen LogP contribution in [-0.4, -0.2) is 4.58 Å². The predicted molar refractivity (Wildman–Crippen MR) is 48.6 cm³/mol. The van der Waals surface area contributed by atoms with Crippen molar-refractivity contribution in [2.24, 2.45) is 0 Å². The Morgan fingerprint density at radius 3 is 2.25 bits per heavy atom. The first-order valence-electron chi connectivity index (χ1n) is 3.85. The summed E-state index contributed by atoms with van der Waals surface area (Å²) in [7, 11) is 0. The summed E-state index contributed by atoms with van der Waals surface area (Å²) in [5, 5.41) is 8.18. The van der Waals surface area contributed by atoms with Gasteiger partial charge >= 0.3 is 10.5 Å². The fourth-order valence-corrected chi connectivity index (χ4v) is 1.20. The third kappa shape index (κ3) is 1.89. The molecule has 7 heteroatoms. The standard InChI is InChI=1S/C9H3BrF5N/c10-8(13,4-16)9(14,15)5-2-1-3-6(11)7(5)12/h1-3H. The van der Waals surface area contributed by atoms with Crippen molar-refractivity contribution in [1.29, 1.82) is 5.26 Å². The van der Waals surface area contributed by atoms with Crippen molar-refractivity contribution in [1.82, 2.24) is 0 Å². The molecule has 1 atom stereocenters. The first kappa shape index (κ1) is 12.9. The largest absolute Gasteiger partial charge is 0.332 e. The molecular formula is C9H3BrF5N. The van der Waals surface area contributed by atoms with E-state index in [0.717, 1.165) is 6.07 Å². The van der Waals surface area contributed by atoms with Gasteiger partial charge < -0.3 is 0 Å². The molecule has 1 rings (SSSR count). The molecule has 1 unspecified atom stereocenters. The molecule has 1 aromatic rings. The van der Waals surface area contributed by atoms with E-state index >= 15 is 0 Å². The lowest BCUT2D eigenvalue weighted by Crippen LogP contribution is -2.36. The van der Waals surface area contributed by atoms with Crippen molar-refractivity contribution >= 4 is 15.9 Å². The second-order valence-electron chi connectivity index (χ2n) is 2.86. The van der Waals surface area contributed by atoms with Crippen molar-refractivity contribution in [3.63, 3.8) is 0 Å². The van der Waals surface area contributed by atoms with E-state index in [0.29, 0.717) is 18.2 Å². The molecule has 0 aliphatic rings. The van der Waals surface area contributed by atoms with Gasteiger partial charge in [0.15, 0.2) is 11.6 Å². The van der Waals surface area contributed by atoms with Gasteiger partial charge in [-0.3, -0.25) is 0 Å². The van der Waals surface area contributed by atoms with Crippen molar-refractivity contribution in [2.45, 2.75) is 10.5 Å². The van der Waals surface area contributed by atoms with Gasteiger partial charge in [0.1, 0.15) is 6.07 Å². The van der Waals surface area contributed by atoms with Gasteiger partial charge in [0, 0.05) is 0 Å². The zero-order valence-corrected chi connectivity index (χ0v) is 9.03. The highest BCUT2D eigenvalue weighted by molar-refractivity contribution is 9.10. The van der Waals surface area contributed by atoms with Gasteiger partial charge in [0.05, 0.1) is 5.56 Å². The third-order valence-corrected chi connectivity index (χ3v) is 2.50. The number of rotatable bonds is 2. The fourth-order valence-electron chi connectivity index (χ4n) is 0.986. The average molecular weight is 300 g/mol. The number of hydrogen-bond donors (Lipinski definition) is 0. The van der Waals surface area contributed by atoms with Gasteiger partial charge in [-0.2, -0.15) is 14.0 Å². The Morgan fingerprint density at radius 1 is 1.19 bits per heavy atom. The van der Waals surface area contributed by atoms with E-state index in [-0.39, 0.29) is 0 Å². The molecule has 1 aromatic carbocycles. The monoisotopic (exact) mass is 299 g/mol. The van der Waals surface area contributed by atoms with Crippen molar-refractivity contribution in [3.05, 3.63) is 35.4 Å². The summed E-state index contributed by atoms with van der Waals surface area (Å²) >= 11 is 1.83. The normalized spacial score (nSPS) is 15.3. The smallest absolute Gasteiger partial charge is 0.207 e. The maximum atomic E-state index is 13.3. The molecule has 0 heterocycles. The van der Waals surface area contributed by atoms with Crippen LogP contribution in [0.5, 0.6) is 0 Å². The summed E-state index contributed by atoms with van der Waals surface area (Å²) in [4.78, 5) is 0. The molecule has 0 bridgehead atoms. The van der Waals surface area contributed by atoms with Gasteiger partial charge in [-0.25, -0.2) is 13.2 Å². The second kappa shape index (κ2) is 4.01. The quantitative estimate of drug-likeness (QED) is 0.604. The van der Waals surface area contributed by atoms with E-state index in [9.17, 15) is 22.0 Å². The first-order chi connectivity index (χ1) is 7.24. The van der Waals surface area contributed by atoms with Crippen molar-refractivity contribution in [3.8, 4) is 6.07 Å². The third-order valence-electron chi connectivity index (χ3n) is 1.82. The number of nitriles is 1. The van der Waals surface area contributed by atoms with Crippen LogP contribution in [0.1, 0.15) is 5.56 Å². The van der Waals surface area contributed by atoms with Crippen LogP contribution in [0.25, 0.3) is 0 Å². The summed E-state index contributed by atoms with van der Waals surface area (Å²) < 4.78 is 61.6. The predicted octanol–water partition coefficient (Wildman–Crippen LogP) is 3.64. The van der Waals surface area contributed by atoms with Crippen LogP contribution in [0.3, 0.4) is 0 Å². The van der Waals surface area contributed by atoms with Crippen molar-refractivity contribution in [2.75, 3.05) is 0 Å². The first-order valence-corrected chi connectivity index (χ1v) is 4.64. The van der Waals surface area contributed by atoms with E-state index in [1.54, 1.807) is 0 Å². The Morgan fingerprint density at radius 2 is 1.75 bits per heavy atom. The number of alkyl halides is 4. The summed E-state index contributed by atoms with van der Waals surface area (Å²) in [5.41, 5.74) is -1.52.